The Balaban J connectivity index is 2.40. The molecule has 0 aliphatic carbocycles. The molecular formula is C15H28N2O3. The lowest BCUT2D eigenvalue weighted by Gasteiger charge is -2.34. The van der Waals surface area contributed by atoms with Crippen LogP contribution in [-0.4, -0.2) is 49.1 Å². The molecule has 0 spiro atoms. The fraction of sp³-hybridized carbons (Fsp3) is 0.867. The van der Waals surface area contributed by atoms with Gasteiger partial charge in [-0.1, -0.05) is 32.6 Å². The van der Waals surface area contributed by atoms with E-state index >= 15 is 0 Å². The van der Waals surface area contributed by atoms with E-state index in [1.165, 1.54) is 19.3 Å². The number of carbonyl (C=O) groups is 2. The van der Waals surface area contributed by atoms with E-state index in [0.29, 0.717) is 26.1 Å². The van der Waals surface area contributed by atoms with Crippen LogP contribution < -0.4 is 5.32 Å². The van der Waals surface area contributed by atoms with Crippen molar-refractivity contribution in [3.8, 4) is 0 Å². The molecule has 1 saturated heterocycles. The maximum absolute atomic E-state index is 12.2. The Bertz CT molecular complexity index is 307. The summed E-state index contributed by atoms with van der Waals surface area (Å²) in [7, 11) is 0. The van der Waals surface area contributed by atoms with Crippen LogP contribution in [0.3, 0.4) is 0 Å². The molecule has 1 amide bonds. The first-order valence-electron chi connectivity index (χ1n) is 7.87. The van der Waals surface area contributed by atoms with Crippen LogP contribution in [-0.2, 0) is 14.3 Å². The number of rotatable bonds is 8. The summed E-state index contributed by atoms with van der Waals surface area (Å²) in [5, 5.41) is 3.15. The van der Waals surface area contributed by atoms with E-state index in [1.807, 2.05) is 0 Å². The molecular weight excluding hydrogens is 256 g/mol. The fourth-order valence-electron chi connectivity index (χ4n) is 2.48. The van der Waals surface area contributed by atoms with Gasteiger partial charge in [-0.2, -0.15) is 0 Å². The fourth-order valence-corrected chi connectivity index (χ4v) is 2.48. The van der Waals surface area contributed by atoms with Gasteiger partial charge in [0.25, 0.3) is 0 Å². The van der Waals surface area contributed by atoms with Crippen molar-refractivity contribution >= 4 is 11.9 Å². The van der Waals surface area contributed by atoms with Crippen LogP contribution in [0.5, 0.6) is 0 Å². The number of piperazine rings is 1. The number of amides is 1. The Kier molecular flexibility index (Phi) is 8.26. The average molecular weight is 284 g/mol. The Morgan fingerprint density at radius 1 is 1.20 bits per heavy atom. The summed E-state index contributed by atoms with van der Waals surface area (Å²) in [6.07, 6.45) is 6.17. The van der Waals surface area contributed by atoms with Gasteiger partial charge in [0, 0.05) is 26.1 Å². The normalized spacial score (nSPS) is 18.9. The topological polar surface area (TPSA) is 58.6 Å². The van der Waals surface area contributed by atoms with Crippen LogP contribution in [0.4, 0.5) is 0 Å². The van der Waals surface area contributed by atoms with Crippen LogP contribution in [0, 0.1) is 0 Å². The predicted molar refractivity (Wildman–Crippen MR) is 78.4 cm³/mol. The van der Waals surface area contributed by atoms with Crippen LogP contribution in [0.25, 0.3) is 0 Å². The molecule has 1 heterocycles. The van der Waals surface area contributed by atoms with Crippen LogP contribution >= 0.6 is 0 Å². The molecule has 5 nitrogen and oxygen atoms in total. The number of nitrogens with zero attached hydrogens (tertiary/aromatic N) is 1. The van der Waals surface area contributed by atoms with Crippen molar-refractivity contribution in [3.05, 3.63) is 0 Å². The third kappa shape index (κ3) is 5.49. The summed E-state index contributed by atoms with van der Waals surface area (Å²) in [6, 6.07) is -0.452. The Hall–Kier alpha value is -1.10. The maximum Gasteiger partial charge on any atom is 0.330 e. The van der Waals surface area contributed by atoms with Crippen molar-refractivity contribution in [2.24, 2.45) is 0 Å². The quantitative estimate of drug-likeness (QED) is 0.544. The van der Waals surface area contributed by atoms with Gasteiger partial charge < -0.3 is 15.0 Å². The van der Waals surface area contributed by atoms with Gasteiger partial charge in [0.15, 0.2) is 0 Å². The molecule has 0 aromatic rings. The smallest absolute Gasteiger partial charge is 0.330 e. The molecule has 1 aliphatic rings. The highest BCUT2D eigenvalue weighted by atomic mass is 16.5. The molecule has 5 heteroatoms. The lowest BCUT2D eigenvalue weighted by atomic mass is 10.1. The molecule has 1 atom stereocenters. The molecule has 116 valence electrons. The zero-order valence-corrected chi connectivity index (χ0v) is 12.8. The number of carbonyl (C=O) groups excluding carboxylic acids is 2. The van der Waals surface area contributed by atoms with Crippen molar-refractivity contribution in [1.29, 1.82) is 0 Å². The summed E-state index contributed by atoms with van der Waals surface area (Å²) in [6.45, 7) is 6.16. The minimum absolute atomic E-state index is 0.0843. The van der Waals surface area contributed by atoms with Crippen molar-refractivity contribution in [2.45, 2.75) is 58.4 Å². The van der Waals surface area contributed by atoms with E-state index < -0.39 is 6.04 Å². The zero-order chi connectivity index (χ0) is 14.8. The predicted octanol–water partition coefficient (Wildman–Crippen LogP) is 1.71. The number of nitrogens with one attached hydrogen (secondary N) is 1. The first-order chi connectivity index (χ1) is 9.70. The van der Waals surface area contributed by atoms with Gasteiger partial charge >= 0.3 is 5.97 Å². The summed E-state index contributed by atoms with van der Waals surface area (Å²) in [4.78, 5) is 25.8. The molecule has 0 aromatic carbocycles. The Morgan fingerprint density at radius 3 is 2.65 bits per heavy atom. The molecule has 0 radical (unpaired) electrons. The van der Waals surface area contributed by atoms with Gasteiger partial charge in [-0.3, -0.25) is 4.79 Å². The second-order valence-electron chi connectivity index (χ2n) is 5.22. The molecule has 1 fully saturated rings. The molecule has 1 N–H and O–H groups in total. The molecule has 20 heavy (non-hydrogen) atoms. The highest BCUT2D eigenvalue weighted by Gasteiger charge is 2.32. The summed E-state index contributed by atoms with van der Waals surface area (Å²) >= 11 is 0. The number of hydrogen-bond donors (Lipinski definition) is 1. The van der Waals surface area contributed by atoms with Gasteiger partial charge in [-0.25, -0.2) is 4.79 Å². The monoisotopic (exact) mass is 284 g/mol. The SMILES string of the molecule is CCCCCCCC(=O)N1CCNCC1C(=O)OCC. The summed E-state index contributed by atoms with van der Waals surface area (Å²) < 4.78 is 5.05. The van der Waals surface area contributed by atoms with Crippen LogP contribution in [0.2, 0.25) is 0 Å². The lowest BCUT2D eigenvalue weighted by Crippen LogP contribution is -2.57. The number of unbranched alkanes of at least 4 members (excludes halogenated alkanes) is 4. The van der Waals surface area contributed by atoms with Gasteiger partial charge in [-0.05, 0) is 13.3 Å². The highest BCUT2D eigenvalue weighted by Crippen LogP contribution is 2.11. The molecule has 0 saturated carbocycles. The van der Waals surface area contributed by atoms with Crippen LogP contribution in [0.15, 0.2) is 0 Å². The molecule has 1 unspecified atom stereocenters. The second-order valence-corrected chi connectivity index (χ2v) is 5.22. The highest BCUT2D eigenvalue weighted by molar-refractivity contribution is 5.85. The minimum atomic E-state index is -0.452. The zero-order valence-electron chi connectivity index (χ0n) is 12.8. The van der Waals surface area contributed by atoms with E-state index in [0.717, 1.165) is 19.4 Å². The molecule has 1 aliphatic heterocycles. The largest absolute Gasteiger partial charge is 0.464 e. The van der Waals surface area contributed by atoms with Crippen molar-refractivity contribution in [2.75, 3.05) is 26.2 Å². The van der Waals surface area contributed by atoms with Crippen molar-refractivity contribution in [3.63, 3.8) is 0 Å². The van der Waals surface area contributed by atoms with E-state index in [4.69, 9.17) is 4.74 Å². The minimum Gasteiger partial charge on any atom is -0.464 e. The average Bonchev–Trinajstić information content (AvgIpc) is 2.47. The molecule has 0 aromatic heterocycles. The van der Waals surface area contributed by atoms with E-state index in [2.05, 4.69) is 12.2 Å². The third-order valence-electron chi connectivity index (χ3n) is 3.62. The van der Waals surface area contributed by atoms with Gasteiger partial charge in [0.1, 0.15) is 6.04 Å². The van der Waals surface area contributed by atoms with E-state index in [1.54, 1.807) is 11.8 Å². The van der Waals surface area contributed by atoms with E-state index in [-0.39, 0.29) is 11.9 Å². The Labute approximate surface area is 122 Å². The van der Waals surface area contributed by atoms with Crippen molar-refractivity contribution in [1.82, 2.24) is 10.2 Å². The first kappa shape index (κ1) is 17.0. The first-order valence-corrected chi connectivity index (χ1v) is 7.87. The maximum atomic E-state index is 12.2. The van der Waals surface area contributed by atoms with Crippen molar-refractivity contribution < 1.29 is 14.3 Å². The van der Waals surface area contributed by atoms with Gasteiger partial charge in [0.2, 0.25) is 5.91 Å². The summed E-state index contributed by atoms with van der Waals surface area (Å²) in [5.74, 6) is -0.208. The van der Waals surface area contributed by atoms with E-state index in [9.17, 15) is 9.59 Å². The van der Waals surface area contributed by atoms with Crippen LogP contribution in [0.1, 0.15) is 52.4 Å². The number of ether oxygens (including phenoxy) is 1. The van der Waals surface area contributed by atoms with Gasteiger partial charge in [-0.15, -0.1) is 0 Å². The van der Waals surface area contributed by atoms with Gasteiger partial charge in [0.05, 0.1) is 6.61 Å². The molecule has 0 bridgehead atoms. The number of esters is 1. The third-order valence-corrected chi connectivity index (χ3v) is 3.62. The summed E-state index contributed by atoms with van der Waals surface area (Å²) in [5.41, 5.74) is 0. The lowest BCUT2D eigenvalue weighted by molar-refractivity contribution is -0.155. The standard InChI is InChI=1S/C15H28N2O3/c1-3-5-6-7-8-9-14(18)17-11-10-16-12-13(17)15(19)20-4-2/h13,16H,3-12H2,1-2H3. The molecule has 1 rings (SSSR count). The number of hydrogen-bond acceptors (Lipinski definition) is 4. The second kappa shape index (κ2) is 9.75. The Morgan fingerprint density at radius 2 is 1.95 bits per heavy atom.